The molecule has 2 aromatic rings. The summed E-state index contributed by atoms with van der Waals surface area (Å²) in [5, 5.41) is 5.17. The van der Waals surface area contributed by atoms with Crippen LogP contribution in [0.4, 0.5) is 8.78 Å². The van der Waals surface area contributed by atoms with Gasteiger partial charge in [-0.3, -0.25) is 0 Å². The van der Waals surface area contributed by atoms with Gasteiger partial charge in [0.15, 0.2) is 0 Å². The monoisotopic (exact) mass is 517 g/mol. The Morgan fingerprint density at radius 1 is 1.31 bits per heavy atom. The average molecular weight is 518 g/mol. The molecule has 7 nitrogen and oxygen atoms in total. The molecule has 1 aromatic heterocycles. The SMILES string of the molecule is C=C(/C=C\C=C/C)[C@H]1CC[C@H](C)N(Cc2cc(F)c([C@]3(c4n[nH]c(=O)o4)C=C(C)C3)cc2F)S1(=O)=O. The minimum atomic E-state index is -3.86. The molecular formula is C26H29F2N3O4S. The predicted octanol–water partition coefficient (Wildman–Crippen LogP) is 4.65. The van der Waals surface area contributed by atoms with Gasteiger partial charge in [-0.2, -0.15) is 4.31 Å². The van der Waals surface area contributed by atoms with Crippen molar-refractivity contribution in [2.75, 3.05) is 0 Å². The highest BCUT2D eigenvalue weighted by molar-refractivity contribution is 7.90. The van der Waals surface area contributed by atoms with Crippen molar-refractivity contribution in [1.29, 1.82) is 0 Å². The van der Waals surface area contributed by atoms with E-state index in [2.05, 4.69) is 16.8 Å². The molecule has 4 rings (SSSR count). The van der Waals surface area contributed by atoms with Crippen LogP contribution < -0.4 is 5.76 Å². The molecule has 0 bridgehead atoms. The van der Waals surface area contributed by atoms with Gasteiger partial charge in [0.25, 0.3) is 0 Å². The van der Waals surface area contributed by atoms with Crippen LogP contribution in [-0.2, 0) is 22.0 Å². The molecule has 192 valence electrons. The molecule has 36 heavy (non-hydrogen) atoms. The summed E-state index contributed by atoms with van der Waals surface area (Å²) in [5.74, 6) is -2.33. The minimum Gasteiger partial charge on any atom is -0.391 e. The molecule has 0 spiro atoms. The van der Waals surface area contributed by atoms with Crippen molar-refractivity contribution in [3.05, 3.63) is 99.4 Å². The third kappa shape index (κ3) is 4.55. The Balaban J connectivity index is 1.66. The van der Waals surface area contributed by atoms with E-state index in [-0.39, 0.29) is 29.6 Å². The zero-order chi connectivity index (χ0) is 26.3. The van der Waals surface area contributed by atoms with E-state index < -0.39 is 38.1 Å². The van der Waals surface area contributed by atoms with Crippen molar-refractivity contribution < 1.29 is 21.6 Å². The maximum atomic E-state index is 15.4. The van der Waals surface area contributed by atoms with Crippen LogP contribution in [0.3, 0.4) is 0 Å². The summed E-state index contributed by atoms with van der Waals surface area (Å²) >= 11 is 0. The fourth-order valence-electron chi connectivity index (χ4n) is 5.02. The third-order valence-corrected chi connectivity index (χ3v) is 9.27. The van der Waals surface area contributed by atoms with E-state index >= 15 is 8.78 Å². The number of halogens is 2. The van der Waals surface area contributed by atoms with Gasteiger partial charge in [0, 0.05) is 23.7 Å². The molecule has 2 aliphatic rings. The molecule has 0 amide bonds. The van der Waals surface area contributed by atoms with E-state index in [9.17, 15) is 13.2 Å². The second-order valence-corrected chi connectivity index (χ2v) is 11.5. The Labute approximate surface area is 209 Å². The van der Waals surface area contributed by atoms with Crippen LogP contribution in [0.1, 0.15) is 57.1 Å². The minimum absolute atomic E-state index is 0.0282. The van der Waals surface area contributed by atoms with E-state index in [4.69, 9.17) is 4.42 Å². The second-order valence-electron chi connectivity index (χ2n) is 9.45. The highest BCUT2D eigenvalue weighted by atomic mass is 32.2. The lowest BCUT2D eigenvalue weighted by molar-refractivity contribution is 0.283. The quantitative estimate of drug-likeness (QED) is 0.426. The summed E-state index contributed by atoms with van der Waals surface area (Å²) in [6, 6.07) is 1.67. The molecule has 1 fully saturated rings. The average Bonchev–Trinajstić information content (AvgIpc) is 3.22. The molecule has 2 heterocycles. The Bertz CT molecular complexity index is 1440. The van der Waals surface area contributed by atoms with Crippen LogP contribution in [0.5, 0.6) is 0 Å². The normalized spacial score (nSPS) is 26.3. The highest BCUT2D eigenvalue weighted by Crippen LogP contribution is 2.47. The van der Waals surface area contributed by atoms with Gasteiger partial charge in [-0.25, -0.2) is 27.1 Å². The highest BCUT2D eigenvalue weighted by Gasteiger charge is 2.46. The number of nitrogens with one attached hydrogen (secondary N) is 1. The molecule has 3 atom stereocenters. The topological polar surface area (TPSA) is 96.3 Å². The van der Waals surface area contributed by atoms with Crippen molar-refractivity contribution in [3.8, 4) is 0 Å². The molecule has 1 saturated heterocycles. The van der Waals surface area contributed by atoms with E-state index in [0.29, 0.717) is 24.8 Å². The molecule has 1 aliphatic carbocycles. The van der Waals surface area contributed by atoms with E-state index in [1.807, 2.05) is 19.9 Å². The molecule has 10 heteroatoms. The van der Waals surface area contributed by atoms with E-state index in [0.717, 1.165) is 17.7 Å². The van der Waals surface area contributed by atoms with Gasteiger partial charge in [-0.1, -0.05) is 42.5 Å². The number of aromatic amines is 1. The molecule has 1 aliphatic heterocycles. The van der Waals surface area contributed by atoms with Crippen LogP contribution in [0.2, 0.25) is 0 Å². The number of hydrogen-bond acceptors (Lipinski definition) is 5. The molecular weight excluding hydrogens is 488 g/mol. The molecule has 1 aromatic carbocycles. The smallest absolute Gasteiger partial charge is 0.391 e. The third-order valence-electron chi connectivity index (χ3n) is 6.87. The number of nitrogens with zero attached hydrogens (tertiary/aromatic N) is 2. The standard InChI is InChI=1S/C26H29F2N3O4S/c1-5-6-7-8-17(3)23-10-9-18(4)31(36(23,33)34)15-19-11-22(28)20(12-21(19)27)26(13-16(2)14-26)24-29-30-25(32)35-24/h5-8,11-13,18,23H,3,9-10,14-15H2,1-2,4H3,(H,30,32)/b6-5-,8-7-/t18-,23+,26-/m0/s1. The van der Waals surface area contributed by atoms with Gasteiger partial charge in [0.1, 0.15) is 16.9 Å². The van der Waals surface area contributed by atoms with Crippen LogP contribution in [0, 0.1) is 11.6 Å². The summed E-state index contributed by atoms with van der Waals surface area (Å²) in [6.07, 6.45) is 9.93. The van der Waals surface area contributed by atoms with Crippen molar-refractivity contribution in [2.45, 2.75) is 63.3 Å². The lowest BCUT2D eigenvalue weighted by Crippen LogP contribution is -2.48. The number of aromatic nitrogens is 2. The largest absolute Gasteiger partial charge is 0.434 e. The van der Waals surface area contributed by atoms with Crippen LogP contribution in [-0.4, -0.2) is 34.2 Å². The van der Waals surface area contributed by atoms with Gasteiger partial charge in [0.2, 0.25) is 15.9 Å². The molecule has 0 radical (unpaired) electrons. The Morgan fingerprint density at radius 3 is 2.64 bits per heavy atom. The Morgan fingerprint density at radius 2 is 2.03 bits per heavy atom. The van der Waals surface area contributed by atoms with Crippen molar-refractivity contribution >= 4 is 10.0 Å². The number of benzene rings is 1. The first-order valence-corrected chi connectivity index (χ1v) is 13.2. The molecule has 0 saturated carbocycles. The predicted molar refractivity (Wildman–Crippen MR) is 133 cm³/mol. The van der Waals surface area contributed by atoms with Gasteiger partial charge >= 0.3 is 5.76 Å². The zero-order valence-electron chi connectivity index (χ0n) is 20.4. The van der Waals surface area contributed by atoms with Crippen LogP contribution in [0.25, 0.3) is 0 Å². The Hall–Kier alpha value is -3.11. The molecule has 1 N–H and O–H groups in total. The van der Waals surface area contributed by atoms with Gasteiger partial charge in [-0.15, -0.1) is 5.10 Å². The van der Waals surface area contributed by atoms with Crippen molar-refractivity contribution in [1.82, 2.24) is 14.5 Å². The molecule has 0 unspecified atom stereocenters. The Kier molecular flexibility index (Phi) is 7.03. The maximum Gasteiger partial charge on any atom is 0.434 e. The second kappa shape index (κ2) is 9.74. The number of sulfonamides is 1. The van der Waals surface area contributed by atoms with Gasteiger partial charge < -0.3 is 4.42 Å². The van der Waals surface area contributed by atoms with E-state index in [1.54, 1.807) is 31.2 Å². The number of H-pyrrole nitrogens is 1. The van der Waals surface area contributed by atoms with Gasteiger partial charge in [-0.05, 0) is 57.7 Å². The summed E-state index contributed by atoms with van der Waals surface area (Å²) in [7, 11) is -3.86. The first kappa shape index (κ1) is 26.0. The van der Waals surface area contributed by atoms with Gasteiger partial charge in [0.05, 0.1) is 5.41 Å². The first-order valence-electron chi connectivity index (χ1n) is 11.7. The van der Waals surface area contributed by atoms with Crippen molar-refractivity contribution in [3.63, 3.8) is 0 Å². The first-order chi connectivity index (χ1) is 17.0. The fourth-order valence-corrected chi connectivity index (χ4v) is 7.16. The summed E-state index contributed by atoms with van der Waals surface area (Å²) in [6.45, 7) is 9.05. The summed E-state index contributed by atoms with van der Waals surface area (Å²) in [5.41, 5.74) is 0.0360. The van der Waals surface area contributed by atoms with Crippen molar-refractivity contribution in [2.24, 2.45) is 0 Å². The van der Waals surface area contributed by atoms with Crippen LogP contribution in [0.15, 0.2) is 69.4 Å². The maximum absolute atomic E-state index is 15.4. The lowest BCUT2D eigenvalue weighted by Gasteiger charge is -2.38. The number of allylic oxidation sites excluding steroid dienone is 6. The summed E-state index contributed by atoms with van der Waals surface area (Å²) in [4.78, 5) is 11.5. The van der Waals surface area contributed by atoms with E-state index in [1.165, 1.54) is 4.31 Å². The number of hydrogen-bond donors (Lipinski definition) is 1. The lowest BCUT2D eigenvalue weighted by atomic mass is 9.66. The summed E-state index contributed by atoms with van der Waals surface area (Å²) < 4.78 is 64.0. The fraction of sp³-hybridized carbons (Fsp3) is 0.385. The zero-order valence-corrected chi connectivity index (χ0v) is 21.2. The number of rotatable bonds is 7. The van der Waals surface area contributed by atoms with Crippen LogP contribution >= 0.6 is 0 Å².